The van der Waals surface area contributed by atoms with Gasteiger partial charge in [0.2, 0.25) is 0 Å². The zero-order valence-corrected chi connectivity index (χ0v) is 16.8. The minimum Gasteiger partial charge on any atom is -0.493 e. The van der Waals surface area contributed by atoms with Crippen LogP contribution in [0.15, 0.2) is 65.9 Å². The first kappa shape index (κ1) is 20.3. The van der Waals surface area contributed by atoms with Crippen molar-refractivity contribution < 1.29 is 9.47 Å². The van der Waals surface area contributed by atoms with E-state index in [0.717, 1.165) is 35.6 Å². The Hall–Kier alpha value is -3.48. The minimum atomic E-state index is 0.433. The number of ether oxygens (including phenoxy) is 2. The molecule has 0 unspecified atom stereocenters. The van der Waals surface area contributed by atoms with Crippen LogP contribution in [-0.4, -0.2) is 36.5 Å². The number of aliphatic imine (C=N–C) groups is 1. The summed E-state index contributed by atoms with van der Waals surface area (Å²) in [5.74, 6) is 1.88. The van der Waals surface area contributed by atoms with E-state index < -0.39 is 0 Å². The number of nitrogens with one attached hydrogen (secondary N) is 1. The summed E-state index contributed by atoms with van der Waals surface area (Å²) in [6.45, 7) is 1.95. The first-order valence-corrected chi connectivity index (χ1v) is 9.48. The van der Waals surface area contributed by atoms with Crippen LogP contribution in [0.3, 0.4) is 0 Å². The molecular weight excluding hydrogens is 366 g/mol. The zero-order valence-electron chi connectivity index (χ0n) is 16.8. The summed E-state index contributed by atoms with van der Waals surface area (Å²) in [7, 11) is 3.26. The van der Waals surface area contributed by atoms with Crippen LogP contribution in [0.5, 0.6) is 11.5 Å². The predicted molar refractivity (Wildman–Crippen MR) is 114 cm³/mol. The maximum atomic E-state index is 6.02. The van der Waals surface area contributed by atoms with Crippen molar-refractivity contribution in [3.05, 3.63) is 77.6 Å². The number of hydrogen-bond donors (Lipinski definition) is 2. The number of benzene rings is 2. The number of nitrogens with zero attached hydrogens (tertiary/aromatic N) is 3. The molecule has 0 atom stereocenters. The lowest BCUT2D eigenvalue weighted by molar-refractivity contribution is 0.354. The van der Waals surface area contributed by atoms with Crippen LogP contribution in [0.2, 0.25) is 0 Å². The van der Waals surface area contributed by atoms with E-state index in [1.807, 2.05) is 47.3 Å². The Balaban J connectivity index is 1.49. The van der Waals surface area contributed by atoms with Crippen molar-refractivity contribution >= 4 is 5.96 Å². The third kappa shape index (κ3) is 6.00. The average molecular weight is 393 g/mol. The molecule has 152 valence electrons. The first-order valence-electron chi connectivity index (χ1n) is 9.48. The molecule has 0 saturated heterocycles. The summed E-state index contributed by atoms with van der Waals surface area (Å²) in [6.07, 6.45) is 4.53. The van der Waals surface area contributed by atoms with Gasteiger partial charge in [-0.25, -0.2) is 4.99 Å². The van der Waals surface area contributed by atoms with Crippen molar-refractivity contribution in [2.45, 2.75) is 19.5 Å². The molecule has 0 fully saturated rings. The van der Waals surface area contributed by atoms with Crippen molar-refractivity contribution in [2.24, 2.45) is 10.7 Å². The van der Waals surface area contributed by atoms with E-state index in [0.29, 0.717) is 19.0 Å². The Bertz CT molecular complexity index is 938. The molecular formula is C22H27N5O2. The molecule has 1 heterocycles. The molecule has 2 aromatic carbocycles. The van der Waals surface area contributed by atoms with E-state index in [4.69, 9.17) is 15.2 Å². The molecule has 0 amide bonds. The van der Waals surface area contributed by atoms with Crippen molar-refractivity contribution in [2.75, 3.05) is 20.8 Å². The fraction of sp³-hybridized carbons (Fsp3) is 0.273. The third-order valence-corrected chi connectivity index (χ3v) is 4.49. The van der Waals surface area contributed by atoms with Crippen molar-refractivity contribution in [1.82, 2.24) is 15.1 Å². The van der Waals surface area contributed by atoms with Gasteiger partial charge in [-0.2, -0.15) is 5.10 Å². The number of aromatic nitrogens is 2. The smallest absolute Gasteiger partial charge is 0.188 e. The summed E-state index contributed by atoms with van der Waals surface area (Å²) in [6, 6.07) is 16.1. The Morgan fingerprint density at radius 2 is 1.86 bits per heavy atom. The Morgan fingerprint density at radius 3 is 2.62 bits per heavy atom. The van der Waals surface area contributed by atoms with Gasteiger partial charge in [-0.15, -0.1) is 0 Å². The molecule has 0 aliphatic rings. The number of hydrogen-bond acceptors (Lipinski definition) is 4. The van der Waals surface area contributed by atoms with Gasteiger partial charge in [0, 0.05) is 18.9 Å². The predicted octanol–water partition coefficient (Wildman–Crippen LogP) is 2.60. The van der Waals surface area contributed by atoms with E-state index in [1.54, 1.807) is 20.4 Å². The quantitative estimate of drug-likeness (QED) is 0.431. The summed E-state index contributed by atoms with van der Waals surface area (Å²) < 4.78 is 12.5. The van der Waals surface area contributed by atoms with E-state index in [2.05, 4.69) is 27.5 Å². The molecule has 3 rings (SSSR count). The van der Waals surface area contributed by atoms with Gasteiger partial charge >= 0.3 is 0 Å². The van der Waals surface area contributed by atoms with E-state index >= 15 is 0 Å². The molecule has 7 heteroatoms. The van der Waals surface area contributed by atoms with Crippen LogP contribution in [-0.2, 0) is 19.5 Å². The van der Waals surface area contributed by atoms with Crippen molar-refractivity contribution in [3.8, 4) is 11.5 Å². The van der Waals surface area contributed by atoms with Gasteiger partial charge in [0.05, 0.1) is 27.3 Å². The molecule has 0 aliphatic carbocycles. The van der Waals surface area contributed by atoms with Crippen LogP contribution < -0.4 is 20.5 Å². The summed E-state index contributed by atoms with van der Waals surface area (Å²) >= 11 is 0. The standard InChI is InChI=1S/C22H27N5O2/c1-28-20-8-7-17(14-21(20)29-2)9-11-24-22(23)25-15-18-5-3-6-19(13-18)16-27-12-4-10-26-27/h3-8,10,12-14H,9,11,15-16H2,1-2H3,(H3,23,24,25). The normalized spacial score (nSPS) is 11.3. The second-order valence-electron chi connectivity index (χ2n) is 6.59. The largest absolute Gasteiger partial charge is 0.493 e. The Labute approximate surface area is 171 Å². The number of rotatable bonds is 9. The van der Waals surface area contributed by atoms with Gasteiger partial charge < -0.3 is 20.5 Å². The highest BCUT2D eigenvalue weighted by molar-refractivity contribution is 5.77. The zero-order chi connectivity index (χ0) is 20.5. The molecule has 7 nitrogen and oxygen atoms in total. The molecule has 3 aromatic rings. The third-order valence-electron chi connectivity index (χ3n) is 4.49. The summed E-state index contributed by atoms with van der Waals surface area (Å²) in [5, 5.41) is 7.40. The fourth-order valence-electron chi connectivity index (χ4n) is 3.01. The molecule has 0 spiro atoms. The van der Waals surface area contributed by atoms with Gasteiger partial charge in [-0.05, 0) is 41.3 Å². The lowest BCUT2D eigenvalue weighted by Crippen LogP contribution is -2.33. The summed E-state index contributed by atoms with van der Waals surface area (Å²) in [5.41, 5.74) is 9.44. The van der Waals surface area contributed by atoms with Crippen molar-refractivity contribution in [1.29, 1.82) is 0 Å². The topological polar surface area (TPSA) is 86.7 Å². The monoisotopic (exact) mass is 393 g/mol. The van der Waals surface area contributed by atoms with Crippen LogP contribution in [0.1, 0.15) is 16.7 Å². The molecule has 29 heavy (non-hydrogen) atoms. The average Bonchev–Trinajstić information content (AvgIpc) is 3.25. The van der Waals surface area contributed by atoms with Gasteiger partial charge in [0.15, 0.2) is 17.5 Å². The molecule has 0 radical (unpaired) electrons. The fourth-order valence-corrected chi connectivity index (χ4v) is 3.01. The SMILES string of the molecule is COc1ccc(CCNC(N)=NCc2cccc(Cn3cccn3)c2)cc1OC. The van der Waals surface area contributed by atoms with E-state index in [1.165, 1.54) is 5.56 Å². The maximum absolute atomic E-state index is 6.02. The van der Waals surface area contributed by atoms with E-state index in [-0.39, 0.29) is 0 Å². The molecule has 3 N–H and O–H groups in total. The van der Waals surface area contributed by atoms with Crippen LogP contribution >= 0.6 is 0 Å². The number of nitrogens with two attached hydrogens (primary N) is 1. The van der Waals surface area contributed by atoms with Gasteiger partial charge in [0.1, 0.15) is 0 Å². The molecule has 0 aliphatic heterocycles. The minimum absolute atomic E-state index is 0.433. The second-order valence-corrected chi connectivity index (χ2v) is 6.59. The molecule has 0 saturated carbocycles. The number of methoxy groups -OCH3 is 2. The Kier molecular flexibility index (Phi) is 7.10. The van der Waals surface area contributed by atoms with Gasteiger partial charge in [0.25, 0.3) is 0 Å². The number of guanidine groups is 1. The van der Waals surface area contributed by atoms with Crippen molar-refractivity contribution in [3.63, 3.8) is 0 Å². The van der Waals surface area contributed by atoms with Gasteiger partial charge in [-0.3, -0.25) is 4.68 Å². The highest BCUT2D eigenvalue weighted by Gasteiger charge is 2.04. The maximum Gasteiger partial charge on any atom is 0.188 e. The molecule has 0 bridgehead atoms. The highest BCUT2D eigenvalue weighted by Crippen LogP contribution is 2.27. The highest BCUT2D eigenvalue weighted by atomic mass is 16.5. The molecule has 1 aromatic heterocycles. The van der Waals surface area contributed by atoms with Gasteiger partial charge in [-0.1, -0.05) is 30.3 Å². The summed E-state index contributed by atoms with van der Waals surface area (Å²) in [4.78, 5) is 4.44. The van der Waals surface area contributed by atoms with Crippen LogP contribution in [0, 0.1) is 0 Å². The van der Waals surface area contributed by atoms with Crippen LogP contribution in [0.4, 0.5) is 0 Å². The lowest BCUT2D eigenvalue weighted by Gasteiger charge is -2.10. The second kappa shape index (κ2) is 10.2. The lowest BCUT2D eigenvalue weighted by atomic mass is 10.1. The first-order chi connectivity index (χ1) is 14.2. The Morgan fingerprint density at radius 1 is 1.03 bits per heavy atom. The van der Waals surface area contributed by atoms with Crippen LogP contribution in [0.25, 0.3) is 0 Å². The van der Waals surface area contributed by atoms with E-state index in [9.17, 15) is 0 Å².